The van der Waals surface area contributed by atoms with Gasteiger partial charge >= 0.3 is 0 Å². The average molecular weight is 313 g/mol. The molecule has 2 saturated heterocycles. The molecule has 0 radical (unpaired) electrons. The van der Waals surface area contributed by atoms with Gasteiger partial charge in [-0.2, -0.15) is 0 Å². The minimum absolute atomic E-state index is 0.0141. The number of ether oxygens (including phenoxy) is 1. The maximum Gasteiger partial charge on any atom is 0.237 e. The Labute approximate surface area is 122 Å². The van der Waals surface area contributed by atoms with E-state index < -0.39 is 9.84 Å². The number of carbonyl (C=O) groups is 1. The third-order valence-corrected chi connectivity index (χ3v) is 6.89. The molecule has 1 amide bonds. The van der Waals surface area contributed by atoms with Gasteiger partial charge in [-0.25, -0.2) is 8.42 Å². The summed E-state index contributed by atoms with van der Waals surface area (Å²) in [4.78, 5) is 13.8. The highest BCUT2D eigenvalue weighted by molar-refractivity contribution is 8.02. The second-order valence-electron chi connectivity index (χ2n) is 4.96. The van der Waals surface area contributed by atoms with Gasteiger partial charge in [-0.15, -0.1) is 11.8 Å². The highest BCUT2D eigenvalue weighted by Crippen LogP contribution is 2.36. The van der Waals surface area contributed by atoms with Gasteiger partial charge in [-0.3, -0.25) is 4.79 Å². The summed E-state index contributed by atoms with van der Waals surface area (Å²) in [5, 5.41) is -0.0141. The second kappa shape index (κ2) is 4.96. The van der Waals surface area contributed by atoms with Crippen molar-refractivity contribution in [3.8, 4) is 5.75 Å². The highest BCUT2D eigenvalue weighted by Gasteiger charge is 2.46. The van der Waals surface area contributed by atoms with Gasteiger partial charge in [-0.05, 0) is 24.3 Å². The fraction of sp³-hybridized carbons (Fsp3) is 0.462. The highest BCUT2D eigenvalue weighted by atomic mass is 32.2. The maximum atomic E-state index is 12.2. The molecule has 0 aliphatic carbocycles. The van der Waals surface area contributed by atoms with E-state index >= 15 is 0 Å². The lowest BCUT2D eigenvalue weighted by molar-refractivity contribution is -0.116. The van der Waals surface area contributed by atoms with Crippen molar-refractivity contribution in [3.05, 3.63) is 24.3 Å². The number of anilines is 1. The third-order valence-electron chi connectivity index (χ3n) is 3.64. The van der Waals surface area contributed by atoms with Gasteiger partial charge in [0.1, 0.15) is 5.75 Å². The van der Waals surface area contributed by atoms with E-state index in [1.807, 2.05) is 0 Å². The van der Waals surface area contributed by atoms with Crippen molar-refractivity contribution < 1.29 is 17.9 Å². The predicted molar refractivity (Wildman–Crippen MR) is 79.2 cm³/mol. The number of hydrogen-bond donors (Lipinski definition) is 0. The van der Waals surface area contributed by atoms with E-state index in [1.165, 1.54) is 11.8 Å². The normalized spacial score (nSPS) is 28.2. The van der Waals surface area contributed by atoms with E-state index in [9.17, 15) is 13.2 Å². The maximum absolute atomic E-state index is 12.2. The second-order valence-corrected chi connectivity index (χ2v) is 8.34. The molecule has 1 aromatic carbocycles. The summed E-state index contributed by atoms with van der Waals surface area (Å²) < 4.78 is 28.7. The first kappa shape index (κ1) is 13.8. The molecular formula is C13H15NO4S2. The Balaban J connectivity index is 1.94. The van der Waals surface area contributed by atoms with Crippen LogP contribution in [0, 0.1) is 0 Å². The molecule has 2 unspecified atom stereocenters. The minimum Gasteiger partial charge on any atom is -0.497 e. The Kier molecular flexibility index (Phi) is 3.41. The smallest absolute Gasteiger partial charge is 0.237 e. The van der Waals surface area contributed by atoms with Crippen LogP contribution in [0.2, 0.25) is 0 Å². The first-order valence-corrected chi connectivity index (χ1v) is 9.15. The number of methoxy groups -OCH3 is 1. The van der Waals surface area contributed by atoms with Crippen molar-refractivity contribution in [1.82, 2.24) is 0 Å². The van der Waals surface area contributed by atoms with Crippen molar-refractivity contribution in [2.45, 2.75) is 11.3 Å². The van der Waals surface area contributed by atoms with Crippen LogP contribution in [0.5, 0.6) is 5.75 Å². The Hall–Kier alpha value is -1.21. The number of amides is 1. The average Bonchev–Trinajstić information content (AvgIpc) is 2.73. The molecule has 0 N–H and O–H groups in total. The van der Waals surface area contributed by atoms with E-state index in [4.69, 9.17) is 4.74 Å². The van der Waals surface area contributed by atoms with Crippen LogP contribution in [0.25, 0.3) is 0 Å². The number of benzene rings is 1. The molecule has 1 aromatic rings. The zero-order valence-corrected chi connectivity index (χ0v) is 12.6. The van der Waals surface area contributed by atoms with Gasteiger partial charge in [0.2, 0.25) is 5.91 Å². The number of rotatable bonds is 2. The first-order chi connectivity index (χ1) is 9.50. The zero-order valence-electron chi connectivity index (χ0n) is 11.0. The standard InChI is InChI=1S/C13H15NO4S2/c1-18-10-4-2-9(3-5-10)14-11-7-20(16,17)8-12(11)19-6-13(14)15/h2-5,11-12H,6-8H2,1H3. The third kappa shape index (κ3) is 2.40. The number of carbonyl (C=O) groups excluding carboxylic acids is 1. The van der Waals surface area contributed by atoms with Crippen LogP contribution in [-0.2, 0) is 14.6 Å². The largest absolute Gasteiger partial charge is 0.497 e. The lowest BCUT2D eigenvalue weighted by Crippen LogP contribution is -2.50. The van der Waals surface area contributed by atoms with Gasteiger partial charge < -0.3 is 9.64 Å². The molecule has 0 saturated carbocycles. The van der Waals surface area contributed by atoms with Crippen LogP contribution in [0.4, 0.5) is 5.69 Å². The van der Waals surface area contributed by atoms with Gasteiger partial charge in [0.05, 0.1) is 30.4 Å². The van der Waals surface area contributed by atoms with E-state index in [1.54, 1.807) is 36.3 Å². The number of nitrogens with zero attached hydrogens (tertiary/aromatic N) is 1. The molecule has 5 nitrogen and oxygen atoms in total. The Morgan fingerprint density at radius 2 is 1.95 bits per heavy atom. The molecule has 0 aromatic heterocycles. The quantitative estimate of drug-likeness (QED) is 0.813. The molecule has 7 heteroatoms. The molecule has 3 rings (SSSR count). The summed E-state index contributed by atoms with van der Waals surface area (Å²) in [7, 11) is -1.46. The van der Waals surface area contributed by atoms with Crippen molar-refractivity contribution in [1.29, 1.82) is 0 Å². The van der Waals surface area contributed by atoms with E-state index in [0.29, 0.717) is 11.5 Å². The number of hydrogen-bond acceptors (Lipinski definition) is 5. The Morgan fingerprint density at radius 1 is 1.25 bits per heavy atom. The summed E-state index contributed by atoms with van der Waals surface area (Å²) in [6.07, 6.45) is 0. The van der Waals surface area contributed by atoms with Crippen LogP contribution in [0.1, 0.15) is 0 Å². The lowest BCUT2D eigenvalue weighted by Gasteiger charge is -2.36. The Bertz CT molecular complexity index is 626. The molecule has 20 heavy (non-hydrogen) atoms. The summed E-state index contributed by atoms with van der Waals surface area (Å²) in [5.41, 5.74) is 0.739. The van der Waals surface area contributed by atoms with Gasteiger partial charge in [-0.1, -0.05) is 0 Å². The molecule has 2 aliphatic rings. The summed E-state index contributed by atoms with van der Waals surface area (Å²) in [6.45, 7) is 0. The fourth-order valence-corrected chi connectivity index (χ4v) is 6.53. The molecule has 0 bridgehead atoms. The SMILES string of the molecule is COc1ccc(N2C(=O)CSC3CS(=O)(=O)CC32)cc1. The van der Waals surface area contributed by atoms with E-state index in [2.05, 4.69) is 0 Å². The van der Waals surface area contributed by atoms with Gasteiger partial charge in [0.25, 0.3) is 0 Å². The lowest BCUT2D eigenvalue weighted by atomic mass is 10.1. The van der Waals surface area contributed by atoms with E-state index in [-0.39, 0.29) is 28.7 Å². The molecule has 2 fully saturated rings. The molecule has 2 atom stereocenters. The fourth-order valence-electron chi connectivity index (χ4n) is 2.71. The topological polar surface area (TPSA) is 63.7 Å². The zero-order chi connectivity index (χ0) is 14.3. The van der Waals surface area contributed by atoms with Crippen LogP contribution < -0.4 is 9.64 Å². The van der Waals surface area contributed by atoms with Crippen molar-refractivity contribution in [3.63, 3.8) is 0 Å². The number of fused-ring (bicyclic) bond motifs is 1. The molecule has 0 spiro atoms. The number of sulfone groups is 1. The predicted octanol–water partition coefficient (Wildman–Crippen LogP) is 0.941. The van der Waals surface area contributed by atoms with Crippen LogP contribution in [0.3, 0.4) is 0 Å². The molecular weight excluding hydrogens is 298 g/mol. The van der Waals surface area contributed by atoms with Crippen LogP contribution in [-0.4, -0.2) is 50.0 Å². The van der Waals surface area contributed by atoms with Gasteiger partial charge in [0.15, 0.2) is 9.84 Å². The van der Waals surface area contributed by atoms with Crippen molar-refractivity contribution in [2.24, 2.45) is 0 Å². The monoisotopic (exact) mass is 313 g/mol. The Morgan fingerprint density at radius 3 is 2.60 bits per heavy atom. The van der Waals surface area contributed by atoms with E-state index in [0.717, 1.165) is 5.69 Å². The molecule has 2 aliphatic heterocycles. The summed E-state index contributed by atoms with van der Waals surface area (Å²) in [6, 6.07) is 6.91. The summed E-state index contributed by atoms with van der Waals surface area (Å²) >= 11 is 1.46. The molecule has 2 heterocycles. The van der Waals surface area contributed by atoms with Crippen LogP contribution in [0.15, 0.2) is 24.3 Å². The van der Waals surface area contributed by atoms with Crippen molar-refractivity contribution in [2.75, 3.05) is 29.3 Å². The minimum atomic E-state index is -3.05. The number of thioether (sulfide) groups is 1. The van der Waals surface area contributed by atoms with Gasteiger partial charge in [0, 0.05) is 10.9 Å². The van der Waals surface area contributed by atoms with Crippen molar-refractivity contribution >= 4 is 33.2 Å². The van der Waals surface area contributed by atoms with Crippen LogP contribution >= 0.6 is 11.8 Å². The molecule has 108 valence electrons. The summed E-state index contributed by atoms with van der Waals surface area (Å²) in [5.74, 6) is 1.25. The first-order valence-electron chi connectivity index (χ1n) is 6.28.